The summed E-state index contributed by atoms with van der Waals surface area (Å²) in [6, 6.07) is 12.6. The molecule has 12 heteroatoms. The van der Waals surface area contributed by atoms with Crippen LogP contribution in [0.1, 0.15) is 37.4 Å². The molecule has 0 bridgehead atoms. The Morgan fingerprint density at radius 1 is 1.10 bits per heavy atom. The average molecular weight is 593 g/mol. The largest absolute Gasteiger partial charge is 0.494 e. The predicted octanol–water partition coefficient (Wildman–Crippen LogP) is 3.11. The second-order valence-electron chi connectivity index (χ2n) is 9.33. The molecule has 2 heterocycles. The Kier molecular flexibility index (Phi) is 10.0. The SMILES string of the molecule is CCCC(=[NH2+])c1nc(-c2ccc(OC)c(OC)c2)n(CCCOc2ccc(/C=C3/SC(=O)NC3=O)cc2)c(=O)c1NC. The number of carbonyl (C=O) groups is 2. The van der Waals surface area contributed by atoms with Crippen LogP contribution in [0, 0.1) is 0 Å². The van der Waals surface area contributed by atoms with Crippen molar-refractivity contribution in [1.82, 2.24) is 14.9 Å². The van der Waals surface area contributed by atoms with Crippen LogP contribution < -0.4 is 35.8 Å². The van der Waals surface area contributed by atoms with Crippen LogP contribution in [0.25, 0.3) is 17.5 Å². The van der Waals surface area contributed by atoms with Gasteiger partial charge in [-0.15, -0.1) is 0 Å². The van der Waals surface area contributed by atoms with E-state index in [-0.39, 0.29) is 10.8 Å². The van der Waals surface area contributed by atoms with Crippen LogP contribution in [0.4, 0.5) is 10.5 Å². The van der Waals surface area contributed by atoms with Gasteiger partial charge in [0.05, 0.1) is 25.7 Å². The van der Waals surface area contributed by atoms with E-state index in [1.807, 2.05) is 13.0 Å². The van der Waals surface area contributed by atoms with Crippen molar-refractivity contribution in [2.45, 2.75) is 32.7 Å². The number of aromatic nitrogens is 2. The molecule has 0 atom stereocenters. The topological polar surface area (TPSA) is 146 Å². The van der Waals surface area contributed by atoms with Gasteiger partial charge in [-0.1, -0.05) is 19.1 Å². The number of benzene rings is 2. The van der Waals surface area contributed by atoms with Gasteiger partial charge in [-0.25, -0.2) is 4.98 Å². The number of nitrogens with two attached hydrogens (primary N) is 1. The minimum absolute atomic E-state index is 0.240. The van der Waals surface area contributed by atoms with Crippen LogP contribution in [-0.2, 0) is 11.3 Å². The molecule has 0 radical (unpaired) electrons. The molecule has 3 aromatic rings. The highest BCUT2D eigenvalue weighted by Gasteiger charge is 2.25. The summed E-state index contributed by atoms with van der Waals surface area (Å²) in [5.41, 5.74) is 2.52. The average Bonchev–Trinajstić information content (AvgIpc) is 3.31. The summed E-state index contributed by atoms with van der Waals surface area (Å²) in [7, 11) is 4.79. The fraction of sp³-hybridized carbons (Fsp3) is 0.300. The molecule has 0 spiro atoms. The smallest absolute Gasteiger partial charge is 0.290 e. The van der Waals surface area contributed by atoms with Crippen molar-refractivity contribution in [2.24, 2.45) is 0 Å². The molecule has 42 heavy (non-hydrogen) atoms. The Bertz CT molecular complexity index is 1580. The van der Waals surface area contributed by atoms with Gasteiger partial charge in [-0.2, -0.15) is 0 Å². The van der Waals surface area contributed by atoms with Gasteiger partial charge in [0.15, 0.2) is 17.2 Å². The van der Waals surface area contributed by atoms with Gasteiger partial charge >= 0.3 is 0 Å². The van der Waals surface area contributed by atoms with Gasteiger partial charge in [0.2, 0.25) is 5.71 Å². The van der Waals surface area contributed by atoms with Gasteiger partial charge in [0, 0.05) is 25.6 Å². The van der Waals surface area contributed by atoms with E-state index < -0.39 is 5.91 Å². The first-order valence-electron chi connectivity index (χ1n) is 13.4. The summed E-state index contributed by atoms with van der Waals surface area (Å²) < 4.78 is 18.4. The molecule has 0 saturated carbocycles. The van der Waals surface area contributed by atoms with Crippen LogP contribution in [-0.4, -0.2) is 54.3 Å². The van der Waals surface area contributed by atoms with Crippen molar-refractivity contribution in [3.05, 3.63) is 69.0 Å². The fourth-order valence-electron chi connectivity index (χ4n) is 4.45. The molecule has 1 aliphatic heterocycles. The second-order valence-corrected chi connectivity index (χ2v) is 10.3. The summed E-state index contributed by atoms with van der Waals surface area (Å²) in [5.74, 6) is 1.77. The predicted molar refractivity (Wildman–Crippen MR) is 163 cm³/mol. The maximum atomic E-state index is 13.7. The van der Waals surface area contributed by atoms with Gasteiger partial charge in [0.25, 0.3) is 16.7 Å². The normalized spacial score (nSPS) is 13.7. The Morgan fingerprint density at radius 3 is 2.45 bits per heavy atom. The summed E-state index contributed by atoms with van der Waals surface area (Å²) in [6.45, 7) is 2.69. The highest BCUT2D eigenvalue weighted by Crippen LogP contribution is 2.32. The number of imide groups is 1. The zero-order valence-electron chi connectivity index (χ0n) is 24.0. The number of methoxy groups -OCH3 is 2. The van der Waals surface area contributed by atoms with E-state index in [2.05, 4.69) is 10.6 Å². The van der Waals surface area contributed by atoms with Crippen LogP contribution in [0.2, 0.25) is 0 Å². The van der Waals surface area contributed by atoms with E-state index in [9.17, 15) is 14.4 Å². The first kappa shape index (κ1) is 30.4. The highest BCUT2D eigenvalue weighted by molar-refractivity contribution is 8.18. The molecule has 2 aromatic carbocycles. The lowest BCUT2D eigenvalue weighted by molar-refractivity contribution is -0.116. The standard InChI is InChI=1S/C30H33N5O6S/c1-5-7-21(31)25-26(32-2)29(37)35(27(33-25)19-10-13-22(39-3)23(17-19)40-4)14-6-15-41-20-11-8-18(9-12-20)16-24-28(36)34-30(38)42-24/h8-13,16-17,31-32H,5-7,14-15H2,1-4H3,(H,34,36,38)/p+1/b24-16+,31-21?. The first-order chi connectivity index (χ1) is 20.3. The monoisotopic (exact) mass is 592 g/mol. The molecule has 2 amide bonds. The second kappa shape index (κ2) is 13.9. The Labute approximate surface area is 247 Å². The van der Waals surface area contributed by atoms with Crippen molar-refractivity contribution >= 4 is 40.4 Å². The van der Waals surface area contributed by atoms with E-state index in [1.165, 1.54) is 0 Å². The number of ether oxygens (including phenoxy) is 3. The van der Waals surface area contributed by atoms with Gasteiger partial charge in [-0.05, 0) is 66.6 Å². The molecule has 0 unspecified atom stereocenters. The Hall–Kier alpha value is -4.58. The molecule has 4 rings (SSSR count). The molecule has 0 aliphatic carbocycles. The van der Waals surface area contributed by atoms with Crippen molar-refractivity contribution in [2.75, 3.05) is 33.2 Å². The lowest BCUT2D eigenvalue weighted by Crippen LogP contribution is -2.43. The molecule has 1 saturated heterocycles. The molecular weight excluding hydrogens is 558 g/mol. The van der Waals surface area contributed by atoms with Gasteiger partial charge in [0.1, 0.15) is 17.3 Å². The van der Waals surface area contributed by atoms with Crippen LogP contribution in [0.15, 0.2) is 52.2 Å². The van der Waals surface area contributed by atoms with Crippen molar-refractivity contribution in [3.63, 3.8) is 0 Å². The summed E-state index contributed by atoms with van der Waals surface area (Å²) in [6.07, 6.45) is 3.58. The third-order valence-electron chi connectivity index (χ3n) is 6.50. The molecular formula is C30H34N5O6S+. The van der Waals surface area contributed by atoms with Crippen LogP contribution in [0.5, 0.6) is 17.2 Å². The van der Waals surface area contributed by atoms with Gasteiger partial charge in [-0.3, -0.25) is 29.7 Å². The molecule has 1 fully saturated rings. The number of nitrogens with one attached hydrogen (secondary N) is 2. The summed E-state index contributed by atoms with van der Waals surface area (Å²) in [4.78, 5) is 42.1. The van der Waals surface area contributed by atoms with Gasteiger partial charge < -0.3 is 19.5 Å². The van der Waals surface area contributed by atoms with Crippen molar-refractivity contribution < 1.29 is 29.2 Å². The maximum Gasteiger partial charge on any atom is 0.290 e. The molecule has 4 N–H and O–H groups in total. The van der Waals surface area contributed by atoms with E-state index >= 15 is 0 Å². The number of hydrogen-bond donors (Lipinski definition) is 3. The van der Waals surface area contributed by atoms with E-state index in [4.69, 9.17) is 24.6 Å². The number of rotatable bonds is 13. The fourth-order valence-corrected chi connectivity index (χ4v) is 5.13. The molecule has 220 valence electrons. The third kappa shape index (κ3) is 6.82. The summed E-state index contributed by atoms with van der Waals surface area (Å²) in [5, 5.41) is 11.2. The molecule has 1 aliphatic rings. The Balaban J connectivity index is 1.56. The Morgan fingerprint density at radius 2 is 1.83 bits per heavy atom. The molecule has 1 aromatic heterocycles. The maximum absolute atomic E-state index is 13.7. The zero-order chi connectivity index (χ0) is 30.2. The third-order valence-corrected chi connectivity index (χ3v) is 7.31. The molecule has 11 nitrogen and oxygen atoms in total. The van der Waals surface area contributed by atoms with Crippen LogP contribution >= 0.6 is 11.8 Å². The van der Waals surface area contributed by atoms with E-state index in [0.717, 1.165) is 23.7 Å². The van der Waals surface area contributed by atoms with Crippen molar-refractivity contribution in [1.29, 1.82) is 0 Å². The van der Waals surface area contributed by atoms with Crippen molar-refractivity contribution in [3.8, 4) is 28.6 Å². The first-order valence-corrected chi connectivity index (χ1v) is 14.3. The summed E-state index contributed by atoms with van der Waals surface area (Å²) >= 11 is 0.870. The number of hydrogen-bond acceptors (Lipinski definition) is 9. The number of nitrogens with zero attached hydrogens (tertiary/aromatic N) is 2. The number of carbonyl (C=O) groups excluding carboxylic acids is 2. The lowest BCUT2D eigenvalue weighted by Gasteiger charge is -2.17. The highest BCUT2D eigenvalue weighted by atomic mass is 32.2. The lowest BCUT2D eigenvalue weighted by atomic mass is 10.1. The van der Waals surface area contributed by atoms with Crippen LogP contribution in [0.3, 0.4) is 0 Å². The van der Waals surface area contributed by atoms with E-state index in [0.29, 0.717) is 76.6 Å². The minimum Gasteiger partial charge on any atom is -0.494 e. The number of thioether (sulfide) groups is 1. The zero-order valence-corrected chi connectivity index (χ0v) is 24.8. The number of amides is 2. The quantitative estimate of drug-likeness (QED) is 0.155. The number of anilines is 1. The van der Waals surface area contributed by atoms with E-state index in [1.54, 1.807) is 68.3 Å². The minimum atomic E-state index is -0.400.